The molecule has 0 spiro atoms. The van der Waals surface area contributed by atoms with Crippen molar-refractivity contribution in [3.05, 3.63) is 71.8 Å². The van der Waals surface area contributed by atoms with Gasteiger partial charge in [0, 0.05) is 24.9 Å². The van der Waals surface area contributed by atoms with Crippen molar-refractivity contribution in [2.24, 2.45) is 11.8 Å². The Morgan fingerprint density at radius 1 is 0.720 bits per heavy atom. The van der Waals surface area contributed by atoms with Crippen molar-refractivity contribution < 1.29 is 9.59 Å². The number of carbonyl (C=O) groups excluding carboxylic acids is 2. The van der Waals surface area contributed by atoms with Gasteiger partial charge in [0.15, 0.2) is 0 Å². The van der Waals surface area contributed by atoms with Gasteiger partial charge in [-0.25, -0.2) is 0 Å². The Kier molecular flexibility index (Phi) is 5.83. The van der Waals surface area contributed by atoms with Gasteiger partial charge in [-0.05, 0) is 24.0 Å². The highest BCUT2D eigenvalue weighted by Gasteiger charge is 2.37. The number of hydrogen-bond donors (Lipinski definition) is 2. The van der Waals surface area contributed by atoms with Crippen molar-refractivity contribution in [1.82, 2.24) is 10.6 Å². The van der Waals surface area contributed by atoms with Crippen LogP contribution in [0, 0.1) is 11.8 Å². The fourth-order valence-corrected chi connectivity index (χ4v) is 3.42. The van der Waals surface area contributed by atoms with Gasteiger partial charge in [-0.2, -0.15) is 0 Å². The first-order valence-electron chi connectivity index (χ1n) is 8.87. The van der Waals surface area contributed by atoms with Crippen LogP contribution < -0.4 is 10.6 Å². The van der Waals surface area contributed by atoms with Crippen LogP contribution in [0.25, 0.3) is 0 Å². The van der Waals surface area contributed by atoms with Crippen LogP contribution in [0.5, 0.6) is 0 Å². The first-order valence-corrected chi connectivity index (χ1v) is 8.87. The zero-order chi connectivity index (χ0) is 17.5. The fourth-order valence-electron chi connectivity index (χ4n) is 3.42. The topological polar surface area (TPSA) is 58.2 Å². The molecule has 0 aromatic heterocycles. The zero-order valence-electron chi connectivity index (χ0n) is 14.3. The van der Waals surface area contributed by atoms with Gasteiger partial charge in [-0.1, -0.05) is 67.1 Å². The molecule has 3 rings (SSSR count). The Bertz CT molecular complexity index is 639. The average molecular weight is 336 g/mol. The quantitative estimate of drug-likeness (QED) is 0.852. The van der Waals surface area contributed by atoms with Gasteiger partial charge in [0.2, 0.25) is 11.8 Å². The van der Waals surface area contributed by atoms with E-state index in [9.17, 15) is 9.59 Å². The monoisotopic (exact) mass is 336 g/mol. The van der Waals surface area contributed by atoms with Crippen molar-refractivity contribution >= 4 is 11.8 Å². The summed E-state index contributed by atoms with van der Waals surface area (Å²) in [5, 5.41) is 5.96. The second-order valence-corrected chi connectivity index (χ2v) is 6.55. The molecule has 2 amide bonds. The average Bonchev–Trinajstić information content (AvgIpc) is 3.16. The highest BCUT2D eigenvalue weighted by atomic mass is 16.2. The van der Waals surface area contributed by atoms with E-state index in [1.165, 1.54) is 0 Å². The molecule has 1 fully saturated rings. The number of rotatable bonds is 6. The molecule has 1 aliphatic rings. The van der Waals surface area contributed by atoms with E-state index < -0.39 is 0 Å². The molecular formula is C21H24N2O2. The summed E-state index contributed by atoms with van der Waals surface area (Å²) in [6.45, 7) is 1.02. The summed E-state index contributed by atoms with van der Waals surface area (Å²) in [6, 6.07) is 19.7. The molecule has 2 aromatic rings. The summed E-state index contributed by atoms with van der Waals surface area (Å²) >= 11 is 0. The first-order chi connectivity index (χ1) is 12.2. The number of amides is 2. The predicted molar refractivity (Wildman–Crippen MR) is 97.4 cm³/mol. The molecule has 0 aliphatic heterocycles. The summed E-state index contributed by atoms with van der Waals surface area (Å²) in [5.74, 6) is -0.471. The summed E-state index contributed by atoms with van der Waals surface area (Å²) in [6.07, 6.45) is 2.49. The SMILES string of the molecule is O=C(NCc1ccccc1)[C@H]1CCC[C@H]1C(=O)NCc1ccccc1. The molecule has 2 N–H and O–H groups in total. The lowest BCUT2D eigenvalue weighted by Crippen LogP contribution is -2.39. The molecule has 130 valence electrons. The highest BCUT2D eigenvalue weighted by Crippen LogP contribution is 2.32. The van der Waals surface area contributed by atoms with Gasteiger partial charge in [0.05, 0.1) is 0 Å². The molecular weight excluding hydrogens is 312 g/mol. The Labute approximate surface area is 148 Å². The Balaban J connectivity index is 1.52. The maximum absolute atomic E-state index is 12.5. The Hall–Kier alpha value is -2.62. The lowest BCUT2D eigenvalue weighted by molar-refractivity contribution is -0.133. The van der Waals surface area contributed by atoms with E-state index in [-0.39, 0.29) is 23.7 Å². The standard InChI is InChI=1S/C21H24N2O2/c24-20(22-14-16-8-3-1-4-9-16)18-12-7-13-19(18)21(25)23-15-17-10-5-2-6-11-17/h1-6,8-11,18-19H,7,12-15H2,(H,22,24)(H,23,25)/t18-,19+. The molecule has 25 heavy (non-hydrogen) atoms. The van der Waals surface area contributed by atoms with E-state index in [0.29, 0.717) is 13.1 Å². The van der Waals surface area contributed by atoms with Crippen molar-refractivity contribution in [3.8, 4) is 0 Å². The van der Waals surface area contributed by atoms with Crippen LogP contribution in [0.1, 0.15) is 30.4 Å². The van der Waals surface area contributed by atoms with E-state index in [1.807, 2.05) is 60.7 Å². The summed E-state index contributed by atoms with van der Waals surface area (Å²) in [4.78, 5) is 25.0. The van der Waals surface area contributed by atoms with Crippen molar-refractivity contribution in [3.63, 3.8) is 0 Å². The molecule has 0 saturated heterocycles. The second-order valence-electron chi connectivity index (χ2n) is 6.55. The minimum absolute atomic E-state index is 0.0128. The smallest absolute Gasteiger partial charge is 0.224 e. The fraction of sp³-hybridized carbons (Fsp3) is 0.333. The second kappa shape index (κ2) is 8.47. The maximum Gasteiger partial charge on any atom is 0.224 e. The number of benzene rings is 2. The van der Waals surface area contributed by atoms with Crippen LogP contribution in [0.15, 0.2) is 60.7 Å². The third-order valence-corrected chi connectivity index (χ3v) is 4.81. The van der Waals surface area contributed by atoms with Crippen LogP contribution in [-0.2, 0) is 22.7 Å². The van der Waals surface area contributed by atoms with Crippen LogP contribution in [0.3, 0.4) is 0 Å². The van der Waals surface area contributed by atoms with Crippen LogP contribution in [-0.4, -0.2) is 11.8 Å². The van der Waals surface area contributed by atoms with Gasteiger partial charge in [0.1, 0.15) is 0 Å². The Morgan fingerprint density at radius 2 is 1.12 bits per heavy atom. The van der Waals surface area contributed by atoms with Crippen molar-refractivity contribution in [2.45, 2.75) is 32.4 Å². The van der Waals surface area contributed by atoms with Crippen LogP contribution in [0.4, 0.5) is 0 Å². The van der Waals surface area contributed by atoms with Crippen molar-refractivity contribution in [1.29, 1.82) is 0 Å². The van der Waals surface area contributed by atoms with E-state index in [4.69, 9.17) is 0 Å². The number of hydrogen-bond acceptors (Lipinski definition) is 2. The first kappa shape index (κ1) is 17.2. The molecule has 0 radical (unpaired) electrons. The van der Waals surface area contributed by atoms with Gasteiger partial charge < -0.3 is 10.6 Å². The molecule has 2 aromatic carbocycles. The molecule has 1 aliphatic carbocycles. The highest BCUT2D eigenvalue weighted by molar-refractivity contribution is 5.88. The minimum Gasteiger partial charge on any atom is -0.352 e. The van der Waals surface area contributed by atoms with Gasteiger partial charge >= 0.3 is 0 Å². The van der Waals surface area contributed by atoms with Crippen LogP contribution in [0.2, 0.25) is 0 Å². The lowest BCUT2D eigenvalue weighted by Gasteiger charge is -2.19. The largest absolute Gasteiger partial charge is 0.352 e. The summed E-state index contributed by atoms with van der Waals surface area (Å²) in [5.41, 5.74) is 2.14. The van der Waals surface area contributed by atoms with Gasteiger partial charge in [0.25, 0.3) is 0 Å². The third-order valence-electron chi connectivity index (χ3n) is 4.81. The molecule has 0 bridgehead atoms. The summed E-state index contributed by atoms with van der Waals surface area (Å²) < 4.78 is 0. The van der Waals surface area contributed by atoms with Crippen molar-refractivity contribution in [2.75, 3.05) is 0 Å². The van der Waals surface area contributed by atoms with Gasteiger partial charge in [-0.15, -0.1) is 0 Å². The molecule has 4 nitrogen and oxygen atoms in total. The zero-order valence-corrected chi connectivity index (χ0v) is 14.3. The van der Waals surface area contributed by atoms with E-state index in [0.717, 1.165) is 30.4 Å². The van der Waals surface area contributed by atoms with E-state index in [1.54, 1.807) is 0 Å². The molecule has 0 unspecified atom stereocenters. The molecule has 1 saturated carbocycles. The number of carbonyl (C=O) groups is 2. The van der Waals surface area contributed by atoms with Gasteiger partial charge in [-0.3, -0.25) is 9.59 Å². The third kappa shape index (κ3) is 4.69. The normalized spacial score (nSPS) is 19.4. The molecule has 2 atom stereocenters. The maximum atomic E-state index is 12.5. The number of nitrogens with one attached hydrogen (secondary N) is 2. The molecule has 4 heteroatoms. The predicted octanol–water partition coefficient (Wildman–Crippen LogP) is 3.04. The summed E-state index contributed by atoms with van der Waals surface area (Å²) in [7, 11) is 0. The Morgan fingerprint density at radius 3 is 1.52 bits per heavy atom. The van der Waals surface area contributed by atoms with E-state index in [2.05, 4.69) is 10.6 Å². The van der Waals surface area contributed by atoms with Crippen LogP contribution >= 0.6 is 0 Å². The minimum atomic E-state index is -0.223. The molecule has 0 heterocycles. The van der Waals surface area contributed by atoms with E-state index >= 15 is 0 Å². The lowest BCUT2D eigenvalue weighted by atomic mass is 9.94.